The van der Waals surface area contributed by atoms with Crippen molar-refractivity contribution in [3.8, 4) is 0 Å². The normalized spacial score (nSPS) is 11.6. The molecule has 5 heteroatoms. The highest BCUT2D eigenvalue weighted by Gasteiger charge is 2.16. The van der Waals surface area contributed by atoms with Gasteiger partial charge in [-0.25, -0.2) is 0 Å². The first-order valence-electron chi connectivity index (χ1n) is 8.18. The lowest BCUT2D eigenvalue weighted by Gasteiger charge is -2.23. The predicted octanol–water partition coefficient (Wildman–Crippen LogP) is 4.44. The number of thioether (sulfide) groups is 1. The van der Waals surface area contributed by atoms with Gasteiger partial charge >= 0.3 is 0 Å². The molecule has 2 aromatic rings. The maximum Gasteiger partial charge on any atom is 0.253 e. The summed E-state index contributed by atoms with van der Waals surface area (Å²) in [6.45, 7) is 6.66. The number of amides is 1. The Kier molecular flexibility index (Phi) is 8.50. The molecule has 0 fully saturated rings. The molecule has 25 heavy (non-hydrogen) atoms. The molecule has 136 valence electrons. The van der Waals surface area contributed by atoms with Gasteiger partial charge in [0.1, 0.15) is 0 Å². The predicted molar refractivity (Wildman–Crippen MR) is 110 cm³/mol. The zero-order chi connectivity index (χ0) is 17.7. The van der Waals surface area contributed by atoms with Crippen LogP contribution in [-0.4, -0.2) is 30.4 Å². The minimum Gasteiger partial charge on any atom is -0.338 e. The van der Waals surface area contributed by atoms with Crippen molar-refractivity contribution in [2.24, 2.45) is 5.73 Å². The molecule has 0 bridgehead atoms. The molecule has 0 saturated heterocycles. The van der Waals surface area contributed by atoms with Gasteiger partial charge in [0.2, 0.25) is 0 Å². The maximum absolute atomic E-state index is 12.5. The Bertz CT molecular complexity index is 721. The highest BCUT2D eigenvalue weighted by atomic mass is 35.5. The van der Waals surface area contributed by atoms with Crippen molar-refractivity contribution in [1.29, 1.82) is 0 Å². The number of hydrogen-bond acceptors (Lipinski definition) is 3. The fourth-order valence-corrected chi connectivity index (χ4v) is 3.43. The molecule has 2 N–H and O–H groups in total. The fraction of sp³-hybridized carbons (Fsp3) is 0.350. The van der Waals surface area contributed by atoms with Gasteiger partial charge in [0, 0.05) is 35.8 Å². The molecule has 1 amide bonds. The summed E-state index contributed by atoms with van der Waals surface area (Å²) < 4.78 is 0. The third-order valence-corrected chi connectivity index (χ3v) is 5.47. The first kappa shape index (κ1) is 21.6. The Morgan fingerprint density at radius 1 is 1.20 bits per heavy atom. The first-order chi connectivity index (χ1) is 11.4. The second kappa shape index (κ2) is 9.85. The minimum absolute atomic E-state index is 0. The number of aryl methyl sites for hydroxylation is 2. The standard InChI is InChI=1S/C20H26N2OS.ClH/c1-14-8-9-19(15(2)10-14)24-13-17-6-5-7-18(11-17)20(23)22(4)16(3)12-21;/h5-11,16H,12-13,21H2,1-4H3;1H. The Morgan fingerprint density at radius 2 is 1.92 bits per heavy atom. The van der Waals surface area contributed by atoms with Gasteiger partial charge in [-0.05, 0) is 50.1 Å². The van der Waals surface area contributed by atoms with Crippen molar-refractivity contribution < 1.29 is 4.79 Å². The van der Waals surface area contributed by atoms with E-state index in [2.05, 4.69) is 38.1 Å². The fourth-order valence-electron chi connectivity index (χ4n) is 2.48. The van der Waals surface area contributed by atoms with Crippen LogP contribution in [0.15, 0.2) is 47.4 Å². The van der Waals surface area contributed by atoms with Crippen LogP contribution in [-0.2, 0) is 5.75 Å². The highest BCUT2D eigenvalue weighted by molar-refractivity contribution is 7.98. The largest absolute Gasteiger partial charge is 0.338 e. The molecule has 1 unspecified atom stereocenters. The molecule has 0 spiro atoms. The van der Waals surface area contributed by atoms with Gasteiger partial charge in [-0.15, -0.1) is 24.2 Å². The number of hydrogen-bond donors (Lipinski definition) is 1. The molecule has 0 radical (unpaired) electrons. The van der Waals surface area contributed by atoms with Crippen LogP contribution < -0.4 is 5.73 Å². The molecule has 0 aromatic heterocycles. The monoisotopic (exact) mass is 378 g/mol. The van der Waals surface area contributed by atoms with E-state index in [1.165, 1.54) is 16.0 Å². The smallest absolute Gasteiger partial charge is 0.253 e. The van der Waals surface area contributed by atoms with Crippen molar-refractivity contribution in [3.05, 3.63) is 64.7 Å². The lowest BCUT2D eigenvalue weighted by atomic mass is 10.1. The maximum atomic E-state index is 12.5. The zero-order valence-electron chi connectivity index (χ0n) is 15.3. The number of likely N-dealkylation sites (N-methyl/N-ethyl adjacent to an activating group) is 1. The molecule has 3 nitrogen and oxygen atoms in total. The first-order valence-corrected chi connectivity index (χ1v) is 9.17. The third-order valence-electron chi connectivity index (χ3n) is 4.22. The van der Waals surface area contributed by atoms with E-state index < -0.39 is 0 Å². The van der Waals surface area contributed by atoms with Crippen LogP contribution in [0.4, 0.5) is 0 Å². The van der Waals surface area contributed by atoms with E-state index in [0.717, 1.165) is 16.9 Å². The lowest BCUT2D eigenvalue weighted by Crippen LogP contribution is -2.39. The second-order valence-corrected chi connectivity index (χ2v) is 7.28. The van der Waals surface area contributed by atoms with Gasteiger partial charge in [-0.3, -0.25) is 4.79 Å². The van der Waals surface area contributed by atoms with E-state index in [1.807, 2.05) is 25.1 Å². The highest BCUT2D eigenvalue weighted by Crippen LogP contribution is 2.27. The Labute approximate surface area is 161 Å². The number of carbonyl (C=O) groups excluding carboxylic acids is 1. The zero-order valence-corrected chi connectivity index (χ0v) is 16.9. The molecule has 0 aliphatic carbocycles. The van der Waals surface area contributed by atoms with E-state index in [9.17, 15) is 4.79 Å². The van der Waals surface area contributed by atoms with Gasteiger partial charge < -0.3 is 10.6 Å². The summed E-state index contributed by atoms with van der Waals surface area (Å²) in [4.78, 5) is 15.5. The molecular formula is C20H27ClN2OS. The molecule has 1 atom stereocenters. The number of nitrogens with zero attached hydrogens (tertiary/aromatic N) is 1. The summed E-state index contributed by atoms with van der Waals surface area (Å²) in [6, 6.07) is 14.4. The van der Waals surface area contributed by atoms with E-state index in [0.29, 0.717) is 6.54 Å². The number of benzene rings is 2. The van der Waals surface area contributed by atoms with E-state index in [4.69, 9.17) is 5.73 Å². The van der Waals surface area contributed by atoms with Crippen molar-refractivity contribution in [2.45, 2.75) is 37.5 Å². The van der Waals surface area contributed by atoms with Gasteiger partial charge in [0.15, 0.2) is 0 Å². The van der Waals surface area contributed by atoms with E-state index >= 15 is 0 Å². The average molecular weight is 379 g/mol. The Hall–Kier alpha value is -1.49. The van der Waals surface area contributed by atoms with Crippen LogP contribution in [0.25, 0.3) is 0 Å². The van der Waals surface area contributed by atoms with Crippen LogP contribution in [0, 0.1) is 13.8 Å². The SMILES string of the molecule is Cc1ccc(SCc2cccc(C(=O)N(C)C(C)CN)c2)c(C)c1.Cl. The summed E-state index contributed by atoms with van der Waals surface area (Å²) in [5, 5.41) is 0. The van der Waals surface area contributed by atoms with Gasteiger partial charge in [0.25, 0.3) is 5.91 Å². The van der Waals surface area contributed by atoms with Crippen LogP contribution in [0.2, 0.25) is 0 Å². The third kappa shape index (κ3) is 5.77. The van der Waals surface area contributed by atoms with E-state index in [-0.39, 0.29) is 24.4 Å². The van der Waals surface area contributed by atoms with Crippen LogP contribution >= 0.6 is 24.2 Å². The topological polar surface area (TPSA) is 46.3 Å². The molecule has 0 heterocycles. The second-order valence-electron chi connectivity index (χ2n) is 6.26. The average Bonchev–Trinajstić information content (AvgIpc) is 2.59. The summed E-state index contributed by atoms with van der Waals surface area (Å²) in [6.07, 6.45) is 0. The van der Waals surface area contributed by atoms with Crippen molar-refractivity contribution in [2.75, 3.05) is 13.6 Å². The summed E-state index contributed by atoms with van der Waals surface area (Å²) in [5.74, 6) is 0.868. The summed E-state index contributed by atoms with van der Waals surface area (Å²) >= 11 is 1.80. The van der Waals surface area contributed by atoms with Crippen molar-refractivity contribution in [1.82, 2.24) is 4.90 Å². The molecule has 0 saturated carbocycles. The molecule has 0 aliphatic heterocycles. The van der Waals surface area contributed by atoms with Crippen molar-refractivity contribution in [3.63, 3.8) is 0 Å². The van der Waals surface area contributed by atoms with Crippen molar-refractivity contribution >= 4 is 30.1 Å². The van der Waals surface area contributed by atoms with Gasteiger partial charge in [-0.2, -0.15) is 0 Å². The van der Waals surface area contributed by atoms with Crippen LogP contribution in [0.3, 0.4) is 0 Å². The molecule has 0 aliphatic rings. The number of nitrogens with two attached hydrogens (primary N) is 1. The summed E-state index contributed by atoms with van der Waals surface area (Å²) in [7, 11) is 1.80. The molecular weight excluding hydrogens is 352 g/mol. The number of carbonyl (C=O) groups is 1. The van der Waals surface area contributed by atoms with E-state index in [1.54, 1.807) is 23.7 Å². The number of rotatable bonds is 6. The molecule has 2 rings (SSSR count). The van der Waals surface area contributed by atoms with Gasteiger partial charge in [-0.1, -0.05) is 29.8 Å². The number of halogens is 1. The Morgan fingerprint density at radius 3 is 2.56 bits per heavy atom. The lowest BCUT2D eigenvalue weighted by molar-refractivity contribution is 0.0748. The van der Waals surface area contributed by atoms with Gasteiger partial charge in [0.05, 0.1) is 0 Å². The summed E-state index contributed by atoms with van der Waals surface area (Å²) in [5.41, 5.74) is 10.1. The van der Waals surface area contributed by atoms with Crippen LogP contribution in [0.5, 0.6) is 0 Å². The Balaban J connectivity index is 0.00000312. The molecule has 2 aromatic carbocycles. The quantitative estimate of drug-likeness (QED) is 0.756. The van der Waals surface area contributed by atoms with Crippen LogP contribution in [0.1, 0.15) is 34.0 Å². The minimum atomic E-state index is 0.